The molecule has 0 bridgehead atoms. The van der Waals surface area contributed by atoms with Crippen LogP contribution in [-0.4, -0.2) is 16.8 Å². The summed E-state index contributed by atoms with van der Waals surface area (Å²) in [5, 5.41) is 5.54. The fourth-order valence-corrected chi connectivity index (χ4v) is 2.52. The fourth-order valence-electron chi connectivity index (χ4n) is 2.52. The van der Waals surface area contributed by atoms with E-state index in [4.69, 9.17) is 11.5 Å². The van der Waals surface area contributed by atoms with Crippen molar-refractivity contribution in [2.75, 3.05) is 16.8 Å². The molecule has 0 aliphatic rings. The quantitative estimate of drug-likeness (QED) is 0.383. The Kier molecular flexibility index (Phi) is 6.22. The molecule has 2 amide bonds. The van der Waals surface area contributed by atoms with Crippen LogP contribution in [0.15, 0.2) is 73.1 Å². The minimum Gasteiger partial charge on any atom is -0.399 e. The second kappa shape index (κ2) is 9.18. The van der Waals surface area contributed by atoms with E-state index >= 15 is 0 Å². The molecule has 3 aromatic rings. The fraction of sp³-hybridized carbons (Fsp3) is 0.0455. The third kappa shape index (κ3) is 5.67. The van der Waals surface area contributed by atoms with Gasteiger partial charge in [0.1, 0.15) is 0 Å². The van der Waals surface area contributed by atoms with Crippen LogP contribution in [0.4, 0.5) is 17.1 Å². The highest BCUT2D eigenvalue weighted by molar-refractivity contribution is 6.05. The number of hydrogen-bond donors (Lipinski definition) is 4. The van der Waals surface area contributed by atoms with Gasteiger partial charge in [0.15, 0.2) is 0 Å². The first kappa shape index (κ1) is 19.6. The Morgan fingerprint density at radius 3 is 2.38 bits per heavy atom. The van der Waals surface area contributed by atoms with E-state index < -0.39 is 0 Å². The van der Waals surface area contributed by atoms with Crippen molar-refractivity contribution >= 4 is 35.0 Å². The maximum atomic E-state index is 12.3. The summed E-state index contributed by atoms with van der Waals surface area (Å²) in [5.41, 5.74) is 15.2. The summed E-state index contributed by atoms with van der Waals surface area (Å²) >= 11 is 0. The number of carbonyl (C=O) groups excluding carboxylic acids is 2. The normalized spacial score (nSPS) is 10.6. The molecular weight excluding hydrogens is 366 g/mol. The zero-order chi connectivity index (χ0) is 20.6. The van der Waals surface area contributed by atoms with Gasteiger partial charge in [-0.25, -0.2) is 0 Å². The van der Waals surface area contributed by atoms with Crippen LogP contribution in [0.5, 0.6) is 0 Å². The van der Waals surface area contributed by atoms with E-state index in [-0.39, 0.29) is 11.8 Å². The minimum absolute atomic E-state index is 0.211. The number of benzene rings is 2. The summed E-state index contributed by atoms with van der Waals surface area (Å²) in [5.74, 6) is -0.485. The van der Waals surface area contributed by atoms with Crippen molar-refractivity contribution in [2.45, 2.75) is 6.54 Å². The molecule has 0 radical (unpaired) electrons. The van der Waals surface area contributed by atoms with Crippen molar-refractivity contribution in [2.24, 2.45) is 0 Å². The molecule has 3 rings (SSSR count). The highest BCUT2D eigenvalue weighted by atomic mass is 16.2. The number of nitrogens with two attached hydrogens (primary N) is 2. The Hall–Kier alpha value is -4.13. The van der Waals surface area contributed by atoms with Crippen LogP contribution in [0, 0.1) is 0 Å². The Labute approximate surface area is 168 Å². The van der Waals surface area contributed by atoms with Crippen LogP contribution in [0.25, 0.3) is 6.08 Å². The van der Waals surface area contributed by atoms with Gasteiger partial charge in [0.2, 0.25) is 5.91 Å². The molecule has 0 saturated heterocycles. The Morgan fingerprint density at radius 2 is 1.69 bits per heavy atom. The zero-order valence-electron chi connectivity index (χ0n) is 15.6. The van der Waals surface area contributed by atoms with Crippen molar-refractivity contribution < 1.29 is 9.59 Å². The van der Waals surface area contributed by atoms with E-state index in [2.05, 4.69) is 15.6 Å². The zero-order valence-corrected chi connectivity index (χ0v) is 15.6. The number of nitrogens with zero attached hydrogens (tertiary/aromatic N) is 1. The van der Waals surface area contributed by atoms with Crippen molar-refractivity contribution in [3.8, 4) is 0 Å². The molecule has 146 valence electrons. The average molecular weight is 387 g/mol. The Bertz CT molecular complexity index is 1030. The van der Waals surface area contributed by atoms with E-state index in [9.17, 15) is 9.59 Å². The third-order valence-electron chi connectivity index (χ3n) is 4.15. The lowest BCUT2D eigenvalue weighted by Crippen LogP contribution is -2.20. The van der Waals surface area contributed by atoms with E-state index in [0.717, 1.165) is 11.1 Å². The molecule has 7 heteroatoms. The third-order valence-corrected chi connectivity index (χ3v) is 4.15. The predicted molar refractivity (Wildman–Crippen MR) is 115 cm³/mol. The van der Waals surface area contributed by atoms with Crippen molar-refractivity contribution in [3.63, 3.8) is 0 Å². The van der Waals surface area contributed by atoms with Gasteiger partial charge in [0.25, 0.3) is 5.91 Å². The van der Waals surface area contributed by atoms with E-state index in [1.165, 1.54) is 12.3 Å². The topological polar surface area (TPSA) is 123 Å². The molecule has 0 saturated carbocycles. The molecule has 0 aliphatic carbocycles. The summed E-state index contributed by atoms with van der Waals surface area (Å²) in [7, 11) is 0. The molecule has 7 nitrogen and oxygen atoms in total. The summed E-state index contributed by atoms with van der Waals surface area (Å²) in [6.07, 6.45) is 6.21. The second-order valence-electron chi connectivity index (χ2n) is 6.33. The molecule has 0 aliphatic heterocycles. The maximum Gasteiger partial charge on any atom is 0.255 e. The summed E-state index contributed by atoms with van der Waals surface area (Å²) in [6, 6.07) is 15.8. The number of carbonyl (C=O) groups is 2. The monoisotopic (exact) mass is 387 g/mol. The lowest BCUT2D eigenvalue weighted by Gasteiger charge is -2.08. The number of nitrogens with one attached hydrogen (secondary N) is 2. The molecule has 1 aromatic heterocycles. The molecule has 0 spiro atoms. The first-order valence-corrected chi connectivity index (χ1v) is 8.92. The molecular formula is C22H21N5O2. The lowest BCUT2D eigenvalue weighted by atomic mass is 10.1. The summed E-state index contributed by atoms with van der Waals surface area (Å²) in [4.78, 5) is 28.2. The highest BCUT2D eigenvalue weighted by Gasteiger charge is 2.08. The van der Waals surface area contributed by atoms with Crippen LogP contribution in [0.1, 0.15) is 21.5 Å². The van der Waals surface area contributed by atoms with Crippen molar-refractivity contribution in [1.29, 1.82) is 0 Å². The highest BCUT2D eigenvalue weighted by Crippen LogP contribution is 2.16. The van der Waals surface area contributed by atoms with Crippen LogP contribution < -0.4 is 22.1 Å². The van der Waals surface area contributed by atoms with E-state index in [1.54, 1.807) is 54.7 Å². The van der Waals surface area contributed by atoms with Crippen molar-refractivity contribution in [3.05, 3.63) is 89.8 Å². The van der Waals surface area contributed by atoms with Gasteiger partial charge in [-0.1, -0.05) is 24.3 Å². The minimum atomic E-state index is -0.273. The summed E-state index contributed by atoms with van der Waals surface area (Å²) < 4.78 is 0. The number of rotatable bonds is 6. The van der Waals surface area contributed by atoms with E-state index in [0.29, 0.717) is 29.2 Å². The smallest absolute Gasteiger partial charge is 0.255 e. The Morgan fingerprint density at radius 1 is 0.966 bits per heavy atom. The molecule has 1 heterocycles. The van der Waals surface area contributed by atoms with Gasteiger partial charge >= 0.3 is 0 Å². The van der Waals surface area contributed by atoms with E-state index in [1.807, 2.05) is 12.1 Å². The lowest BCUT2D eigenvalue weighted by molar-refractivity contribution is -0.116. The average Bonchev–Trinajstić information content (AvgIpc) is 2.74. The first-order chi connectivity index (χ1) is 14.0. The number of amides is 2. The molecule has 29 heavy (non-hydrogen) atoms. The molecule has 0 unspecified atom stereocenters. The number of hydrogen-bond acceptors (Lipinski definition) is 5. The molecule has 2 aromatic carbocycles. The first-order valence-electron chi connectivity index (χ1n) is 8.92. The largest absolute Gasteiger partial charge is 0.399 e. The number of anilines is 3. The van der Waals surface area contributed by atoms with Gasteiger partial charge in [-0.2, -0.15) is 0 Å². The number of aromatic nitrogens is 1. The molecule has 0 atom stereocenters. The summed E-state index contributed by atoms with van der Waals surface area (Å²) in [6.45, 7) is 0.351. The number of nitrogen functional groups attached to an aromatic ring is 2. The second-order valence-corrected chi connectivity index (χ2v) is 6.33. The van der Waals surface area contributed by atoms with Crippen LogP contribution >= 0.6 is 0 Å². The van der Waals surface area contributed by atoms with Gasteiger partial charge in [-0.05, 0) is 47.5 Å². The maximum absolute atomic E-state index is 12.3. The standard InChI is InChI=1S/C22H21N5O2/c23-18-8-3-15(4-9-18)5-10-21(28)26-13-16-1-6-17(7-2-16)22(29)27-20-11-12-25-14-19(20)24/h1-12,14H,13,23-24H2,(H,26,28)(H,25,27,29)/b10-5+. The molecule has 0 fully saturated rings. The SMILES string of the molecule is Nc1ccc(/C=C/C(=O)NCc2ccc(C(=O)Nc3ccncc3N)cc2)cc1. The van der Waals surface area contributed by atoms with Crippen LogP contribution in [0.2, 0.25) is 0 Å². The van der Waals surface area contributed by atoms with Gasteiger partial charge in [0, 0.05) is 30.1 Å². The van der Waals surface area contributed by atoms with Gasteiger partial charge in [-0.15, -0.1) is 0 Å². The van der Waals surface area contributed by atoms with Gasteiger partial charge in [0.05, 0.1) is 17.6 Å². The number of pyridine rings is 1. The van der Waals surface area contributed by atoms with Crippen LogP contribution in [0.3, 0.4) is 0 Å². The van der Waals surface area contributed by atoms with Crippen LogP contribution in [-0.2, 0) is 11.3 Å². The van der Waals surface area contributed by atoms with Crippen molar-refractivity contribution in [1.82, 2.24) is 10.3 Å². The predicted octanol–water partition coefficient (Wildman–Crippen LogP) is 2.83. The Balaban J connectivity index is 1.52. The molecule has 6 N–H and O–H groups in total. The van der Waals surface area contributed by atoms with Gasteiger partial charge < -0.3 is 22.1 Å². The van der Waals surface area contributed by atoms with Gasteiger partial charge in [-0.3, -0.25) is 14.6 Å².